The number of nitrogens with zero attached hydrogens (tertiary/aromatic N) is 2. The quantitative estimate of drug-likeness (QED) is 0.605. The van der Waals surface area contributed by atoms with Crippen molar-refractivity contribution >= 4 is 5.91 Å². The number of amides is 1. The van der Waals surface area contributed by atoms with Crippen LogP contribution in [-0.2, 0) is 0 Å². The Morgan fingerprint density at radius 1 is 0.833 bits per heavy atom. The molecule has 0 radical (unpaired) electrons. The topological polar surface area (TPSA) is 32.8 Å². The number of hydrogen-bond acceptors (Lipinski definition) is 3. The Kier molecular flexibility index (Phi) is 6.45. The zero-order chi connectivity index (χ0) is 20.8. The lowest BCUT2D eigenvalue weighted by Crippen LogP contribution is -2.49. The van der Waals surface area contributed by atoms with Crippen LogP contribution < -0.4 is 4.74 Å². The van der Waals surface area contributed by atoms with Gasteiger partial charge < -0.3 is 9.64 Å². The van der Waals surface area contributed by atoms with Crippen LogP contribution in [-0.4, -0.2) is 48.5 Å². The Balaban J connectivity index is 1.48. The van der Waals surface area contributed by atoms with E-state index in [1.807, 2.05) is 36.1 Å². The molecular weight excluding hydrogens is 372 g/mol. The van der Waals surface area contributed by atoms with Gasteiger partial charge in [0, 0.05) is 31.7 Å². The first-order valence-corrected chi connectivity index (χ1v) is 10.6. The highest BCUT2D eigenvalue weighted by Crippen LogP contribution is 2.29. The molecule has 0 bridgehead atoms. The molecule has 1 saturated heterocycles. The summed E-state index contributed by atoms with van der Waals surface area (Å²) in [6.45, 7) is 5.65. The van der Waals surface area contributed by atoms with Crippen LogP contribution in [0, 0.1) is 0 Å². The fourth-order valence-corrected chi connectivity index (χ4v) is 4.14. The summed E-state index contributed by atoms with van der Waals surface area (Å²) in [6.07, 6.45) is 0. The first-order chi connectivity index (χ1) is 14.8. The molecule has 4 heteroatoms. The van der Waals surface area contributed by atoms with E-state index in [1.54, 1.807) is 0 Å². The maximum absolute atomic E-state index is 13.0. The van der Waals surface area contributed by atoms with Crippen LogP contribution in [0.15, 0.2) is 84.9 Å². The number of hydrogen-bond donors (Lipinski definition) is 0. The molecule has 4 rings (SSSR count). The molecule has 1 aliphatic heterocycles. The van der Waals surface area contributed by atoms with Gasteiger partial charge in [-0.15, -0.1) is 0 Å². The minimum absolute atomic E-state index is 0.0761. The fraction of sp³-hybridized carbons (Fsp3) is 0.269. The Morgan fingerprint density at radius 2 is 1.43 bits per heavy atom. The van der Waals surface area contributed by atoms with E-state index in [-0.39, 0.29) is 11.9 Å². The molecule has 0 saturated carbocycles. The zero-order valence-corrected chi connectivity index (χ0v) is 17.4. The lowest BCUT2D eigenvalue weighted by Gasteiger charge is -2.39. The van der Waals surface area contributed by atoms with E-state index in [1.165, 1.54) is 11.1 Å². The number of benzene rings is 3. The lowest BCUT2D eigenvalue weighted by molar-refractivity contribution is 0.0597. The Labute approximate surface area is 178 Å². The minimum atomic E-state index is 0.0761. The number of rotatable bonds is 6. The molecule has 1 amide bonds. The number of piperazine rings is 1. The second-order valence-corrected chi connectivity index (χ2v) is 7.51. The molecule has 0 aromatic heterocycles. The summed E-state index contributed by atoms with van der Waals surface area (Å²) in [4.78, 5) is 17.5. The van der Waals surface area contributed by atoms with Crippen molar-refractivity contribution in [3.63, 3.8) is 0 Å². The Hall–Kier alpha value is -3.11. The molecule has 0 spiro atoms. The highest BCUT2D eigenvalue weighted by molar-refractivity contribution is 5.94. The van der Waals surface area contributed by atoms with Gasteiger partial charge in [0.05, 0.1) is 12.6 Å². The molecule has 0 aliphatic carbocycles. The predicted octanol–water partition coefficient (Wildman–Crippen LogP) is 4.63. The van der Waals surface area contributed by atoms with E-state index in [0.717, 1.165) is 18.8 Å². The smallest absolute Gasteiger partial charge is 0.254 e. The lowest BCUT2D eigenvalue weighted by atomic mass is 9.96. The molecule has 0 unspecified atom stereocenters. The van der Waals surface area contributed by atoms with Gasteiger partial charge >= 0.3 is 0 Å². The Bertz CT molecular complexity index is 912. The number of carbonyl (C=O) groups is 1. The molecule has 1 aliphatic rings. The monoisotopic (exact) mass is 400 g/mol. The zero-order valence-electron chi connectivity index (χ0n) is 17.4. The van der Waals surface area contributed by atoms with Crippen molar-refractivity contribution < 1.29 is 9.53 Å². The van der Waals surface area contributed by atoms with Gasteiger partial charge in [-0.3, -0.25) is 9.69 Å². The summed E-state index contributed by atoms with van der Waals surface area (Å²) in [5, 5.41) is 0. The van der Waals surface area contributed by atoms with Crippen LogP contribution in [0.4, 0.5) is 0 Å². The van der Waals surface area contributed by atoms with Crippen molar-refractivity contribution in [2.75, 3.05) is 32.8 Å². The summed E-state index contributed by atoms with van der Waals surface area (Å²) in [5.74, 6) is 0.822. The van der Waals surface area contributed by atoms with Crippen LogP contribution >= 0.6 is 0 Å². The van der Waals surface area contributed by atoms with Crippen LogP contribution in [0.2, 0.25) is 0 Å². The first kappa shape index (κ1) is 20.2. The van der Waals surface area contributed by atoms with Crippen molar-refractivity contribution in [3.8, 4) is 5.75 Å². The van der Waals surface area contributed by atoms with Crippen LogP contribution in [0.1, 0.15) is 34.5 Å². The van der Waals surface area contributed by atoms with E-state index in [0.29, 0.717) is 25.3 Å². The molecule has 1 fully saturated rings. The number of carbonyl (C=O) groups excluding carboxylic acids is 1. The van der Waals surface area contributed by atoms with Crippen LogP contribution in [0.5, 0.6) is 5.75 Å². The van der Waals surface area contributed by atoms with Crippen molar-refractivity contribution in [2.24, 2.45) is 0 Å². The van der Waals surface area contributed by atoms with Gasteiger partial charge in [-0.1, -0.05) is 66.7 Å². The van der Waals surface area contributed by atoms with Crippen LogP contribution in [0.25, 0.3) is 0 Å². The third-order valence-corrected chi connectivity index (χ3v) is 5.59. The normalized spacial score (nSPS) is 14.7. The van der Waals surface area contributed by atoms with Gasteiger partial charge in [-0.25, -0.2) is 0 Å². The third kappa shape index (κ3) is 4.55. The number of ether oxygens (including phenoxy) is 1. The van der Waals surface area contributed by atoms with Gasteiger partial charge in [0.2, 0.25) is 0 Å². The molecule has 0 atom stereocenters. The summed E-state index contributed by atoms with van der Waals surface area (Å²) in [5.41, 5.74) is 3.26. The van der Waals surface area contributed by atoms with Gasteiger partial charge in [0.15, 0.2) is 0 Å². The predicted molar refractivity (Wildman–Crippen MR) is 120 cm³/mol. The maximum atomic E-state index is 13.0. The van der Waals surface area contributed by atoms with Gasteiger partial charge in [-0.05, 0) is 36.2 Å². The summed E-state index contributed by atoms with van der Waals surface area (Å²) >= 11 is 0. The molecule has 0 N–H and O–H groups in total. The second kappa shape index (κ2) is 9.59. The summed E-state index contributed by atoms with van der Waals surface area (Å²) in [6, 6.07) is 28.9. The largest absolute Gasteiger partial charge is 0.494 e. The summed E-state index contributed by atoms with van der Waals surface area (Å²) in [7, 11) is 0. The Morgan fingerprint density at radius 3 is 2.00 bits per heavy atom. The SMILES string of the molecule is CCOc1cccc(C(=O)N2CCN(C(c3ccccc3)c3ccccc3)CC2)c1. The van der Waals surface area contributed by atoms with Gasteiger partial charge in [0.1, 0.15) is 5.75 Å². The molecule has 154 valence electrons. The van der Waals surface area contributed by atoms with Crippen molar-refractivity contribution in [2.45, 2.75) is 13.0 Å². The fourth-order valence-electron chi connectivity index (χ4n) is 4.14. The van der Waals surface area contributed by atoms with E-state index >= 15 is 0 Å². The second-order valence-electron chi connectivity index (χ2n) is 7.51. The van der Waals surface area contributed by atoms with Crippen molar-refractivity contribution in [3.05, 3.63) is 102 Å². The van der Waals surface area contributed by atoms with Gasteiger partial charge in [0.25, 0.3) is 5.91 Å². The maximum Gasteiger partial charge on any atom is 0.254 e. The molecular formula is C26H28N2O2. The highest BCUT2D eigenvalue weighted by atomic mass is 16.5. The molecule has 4 nitrogen and oxygen atoms in total. The molecule has 1 heterocycles. The van der Waals surface area contributed by atoms with Crippen molar-refractivity contribution in [1.29, 1.82) is 0 Å². The van der Waals surface area contributed by atoms with E-state index in [4.69, 9.17) is 4.74 Å². The van der Waals surface area contributed by atoms with Crippen LogP contribution in [0.3, 0.4) is 0 Å². The van der Waals surface area contributed by atoms with Gasteiger partial charge in [-0.2, -0.15) is 0 Å². The minimum Gasteiger partial charge on any atom is -0.494 e. The standard InChI is InChI=1S/C26H28N2O2/c1-2-30-24-15-9-14-23(20-24)26(29)28-18-16-27(17-19-28)25(21-10-5-3-6-11-21)22-12-7-4-8-13-22/h3-15,20,25H,2,16-19H2,1H3. The average molecular weight is 401 g/mol. The highest BCUT2D eigenvalue weighted by Gasteiger charge is 2.28. The molecule has 3 aromatic rings. The summed E-state index contributed by atoms with van der Waals surface area (Å²) < 4.78 is 5.55. The van der Waals surface area contributed by atoms with E-state index in [9.17, 15) is 4.79 Å². The van der Waals surface area contributed by atoms with E-state index < -0.39 is 0 Å². The van der Waals surface area contributed by atoms with Crippen molar-refractivity contribution in [1.82, 2.24) is 9.80 Å². The third-order valence-electron chi connectivity index (χ3n) is 5.59. The average Bonchev–Trinajstić information content (AvgIpc) is 2.81. The first-order valence-electron chi connectivity index (χ1n) is 10.6. The van der Waals surface area contributed by atoms with E-state index in [2.05, 4.69) is 65.6 Å². The molecule has 3 aromatic carbocycles. The molecule has 30 heavy (non-hydrogen) atoms.